The molecular weight excluding hydrogens is 522 g/mol. The molecule has 0 unspecified atom stereocenters. The van der Waals surface area contributed by atoms with Gasteiger partial charge in [-0.1, -0.05) is 66.7 Å². The van der Waals surface area contributed by atoms with Gasteiger partial charge in [0.15, 0.2) is 11.5 Å². The number of amides is 2. The fourth-order valence-corrected chi connectivity index (χ4v) is 4.34. The second kappa shape index (κ2) is 12.0. The Kier molecular flexibility index (Phi) is 7.87. The maximum atomic E-state index is 13.0. The molecule has 204 valence electrons. The van der Waals surface area contributed by atoms with E-state index in [0.29, 0.717) is 22.7 Å². The molecule has 0 aromatic heterocycles. The quantitative estimate of drug-likeness (QED) is 0.0937. The van der Waals surface area contributed by atoms with Crippen molar-refractivity contribution in [1.82, 2.24) is 5.43 Å². The van der Waals surface area contributed by atoms with Gasteiger partial charge in [-0.15, -0.1) is 0 Å². The van der Waals surface area contributed by atoms with E-state index >= 15 is 0 Å². The van der Waals surface area contributed by atoms with Crippen molar-refractivity contribution in [2.45, 2.75) is 0 Å². The molecule has 0 heterocycles. The highest BCUT2D eigenvalue weighted by Crippen LogP contribution is 2.30. The van der Waals surface area contributed by atoms with Crippen LogP contribution in [0.2, 0.25) is 0 Å². The molecule has 5 aromatic carbocycles. The molecule has 0 aliphatic heterocycles. The number of methoxy groups -OCH3 is 2. The summed E-state index contributed by atoms with van der Waals surface area (Å²) in [6.45, 7) is 0. The predicted molar refractivity (Wildman–Crippen MR) is 157 cm³/mol. The number of fused-ring (bicyclic) bond motifs is 2. The lowest BCUT2D eigenvalue weighted by Gasteiger charge is -2.12. The fourth-order valence-electron chi connectivity index (χ4n) is 4.34. The average Bonchev–Trinajstić information content (AvgIpc) is 3.01. The topological polar surface area (TPSA) is 115 Å². The molecule has 9 nitrogen and oxygen atoms in total. The number of hydrogen-bond donors (Lipinski definition) is 2. The third kappa shape index (κ3) is 5.84. The number of rotatable bonds is 7. The zero-order valence-corrected chi connectivity index (χ0v) is 22.2. The van der Waals surface area contributed by atoms with E-state index in [2.05, 4.69) is 15.8 Å². The molecule has 0 aliphatic carbocycles. The van der Waals surface area contributed by atoms with Gasteiger partial charge in [0.05, 0.1) is 26.0 Å². The number of ether oxygens (including phenoxy) is 3. The third-order valence-corrected chi connectivity index (χ3v) is 6.36. The molecule has 0 saturated heterocycles. The highest BCUT2D eigenvalue weighted by molar-refractivity contribution is 6.40. The van der Waals surface area contributed by atoms with Crippen molar-refractivity contribution in [3.05, 3.63) is 108 Å². The van der Waals surface area contributed by atoms with E-state index in [0.717, 1.165) is 21.5 Å². The normalized spacial score (nSPS) is 10.9. The lowest BCUT2D eigenvalue weighted by molar-refractivity contribution is -0.136. The Labute approximate surface area is 235 Å². The molecule has 0 fully saturated rings. The van der Waals surface area contributed by atoms with Crippen LogP contribution >= 0.6 is 0 Å². The van der Waals surface area contributed by atoms with Gasteiger partial charge in [0.2, 0.25) is 0 Å². The number of nitrogens with zero attached hydrogens (tertiary/aromatic N) is 1. The van der Waals surface area contributed by atoms with Gasteiger partial charge < -0.3 is 19.5 Å². The van der Waals surface area contributed by atoms with Crippen molar-refractivity contribution in [1.29, 1.82) is 0 Å². The minimum Gasteiger partial charge on any atom is -0.493 e. The minimum absolute atomic E-state index is 0.210. The smallest absolute Gasteiger partial charge is 0.343 e. The van der Waals surface area contributed by atoms with Gasteiger partial charge in [-0.05, 0) is 46.5 Å². The zero-order valence-electron chi connectivity index (χ0n) is 22.2. The SMILES string of the molecule is COc1ccc(C(=O)Oc2ccc3ccccc3c2/C=N/NC(=O)C(=O)Nc2cccc3ccccc23)cc1OC. The number of anilines is 1. The molecule has 2 amide bonds. The van der Waals surface area contributed by atoms with Crippen LogP contribution in [0, 0.1) is 0 Å². The standard InChI is InChI=1S/C32H25N3O6/c1-39-28-17-15-22(18-29(28)40-2)32(38)41-27-16-14-21-9-3-5-11-23(21)25(27)19-33-35-31(37)30(36)34-26-13-7-10-20-8-4-6-12-24(20)26/h3-19H,1-2H3,(H,34,36)(H,35,37)/b33-19+. The van der Waals surface area contributed by atoms with E-state index in [1.807, 2.05) is 54.6 Å². The minimum atomic E-state index is -0.960. The summed E-state index contributed by atoms with van der Waals surface area (Å²) in [6, 6.07) is 28.5. The molecule has 0 atom stereocenters. The van der Waals surface area contributed by atoms with Gasteiger partial charge in [0, 0.05) is 16.6 Å². The Morgan fingerprint density at radius 1 is 0.683 bits per heavy atom. The highest BCUT2D eigenvalue weighted by Gasteiger charge is 2.17. The highest BCUT2D eigenvalue weighted by atomic mass is 16.5. The van der Waals surface area contributed by atoms with Crippen molar-refractivity contribution in [3.63, 3.8) is 0 Å². The largest absolute Gasteiger partial charge is 0.493 e. The van der Waals surface area contributed by atoms with Crippen LogP contribution in [0.25, 0.3) is 21.5 Å². The van der Waals surface area contributed by atoms with Crippen LogP contribution in [0.1, 0.15) is 15.9 Å². The van der Waals surface area contributed by atoms with Gasteiger partial charge >= 0.3 is 17.8 Å². The van der Waals surface area contributed by atoms with E-state index in [-0.39, 0.29) is 11.3 Å². The molecular formula is C32H25N3O6. The molecule has 0 saturated carbocycles. The summed E-state index contributed by atoms with van der Waals surface area (Å²) in [6.07, 6.45) is 1.34. The summed E-state index contributed by atoms with van der Waals surface area (Å²) in [4.78, 5) is 38.2. The molecule has 0 spiro atoms. The van der Waals surface area contributed by atoms with Crippen LogP contribution in [0.5, 0.6) is 17.2 Å². The zero-order chi connectivity index (χ0) is 28.8. The molecule has 5 rings (SSSR count). The average molecular weight is 548 g/mol. The Bertz CT molecular complexity index is 1810. The summed E-state index contributed by atoms with van der Waals surface area (Å²) in [5, 5.41) is 9.93. The van der Waals surface area contributed by atoms with Gasteiger partial charge in [-0.25, -0.2) is 10.2 Å². The van der Waals surface area contributed by atoms with Crippen LogP contribution in [0.4, 0.5) is 5.69 Å². The van der Waals surface area contributed by atoms with E-state index in [1.165, 1.54) is 26.5 Å². The van der Waals surface area contributed by atoms with Crippen molar-refractivity contribution in [2.75, 3.05) is 19.5 Å². The molecule has 0 aliphatic rings. The van der Waals surface area contributed by atoms with E-state index in [9.17, 15) is 14.4 Å². The van der Waals surface area contributed by atoms with Gasteiger partial charge in [-0.3, -0.25) is 9.59 Å². The molecule has 5 aromatic rings. The Morgan fingerprint density at radius 2 is 1.34 bits per heavy atom. The number of carbonyl (C=O) groups excluding carboxylic acids is 3. The Hall–Kier alpha value is -5.70. The Balaban J connectivity index is 1.36. The second-order valence-electron chi connectivity index (χ2n) is 8.84. The van der Waals surface area contributed by atoms with Crippen molar-refractivity contribution >= 4 is 51.2 Å². The van der Waals surface area contributed by atoms with Crippen LogP contribution in [-0.4, -0.2) is 38.2 Å². The van der Waals surface area contributed by atoms with E-state index in [1.54, 1.807) is 36.4 Å². The molecule has 2 N–H and O–H groups in total. The number of nitrogens with one attached hydrogen (secondary N) is 2. The summed E-state index contributed by atoms with van der Waals surface area (Å²) in [5.74, 6) is -1.40. The number of benzene rings is 5. The number of carbonyl (C=O) groups is 3. The monoisotopic (exact) mass is 547 g/mol. The maximum absolute atomic E-state index is 13.0. The first-order chi connectivity index (χ1) is 20.0. The van der Waals surface area contributed by atoms with Crippen molar-refractivity contribution in [2.24, 2.45) is 5.10 Å². The van der Waals surface area contributed by atoms with E-state index in [4.69, 9.17) is 14.2 Å². The first-order valence-corrected chi connectivity index (χ1v) is 12.6. The van der Waals surface area contributed by atoms with Crippen molar-refractivity contribution in [3.8, 4) is 17.2 Å². The predicted octanol–water partition coefficient (Wildman–Crippen LogP) is 5.32. The van der Waals surface area contributed by atoms with Gasteiger partial charge in [0.1, 0.15) is 5.75 Å². The number of esters is 1. The lowest BCUT2D eigenvalue weighted by atomic mass is 10.0. The molecule has 0 radical (unpaired) electrons. The summed E-state index contributed by atoms with van der Waals surface area (Å²) in [7, 11) is 2.98. The van der Waals surface area contributed by atoms with Crippen molar-refractivity contribution < 1.29 is 28.6 Å². The lowest BCUT2D eigenvalue weighted by Crippen LogP contribution is -2.32. The first kappa shape index (κ1) is 26.9. The van der Waals surface area contributed by atoms with Gasteiger partial charge in [-0.2, -0.15) is 5.10 Å². The van der Waals surface area contributed by atoms with Gasteiger partial charge in [0.25, 0.3) is 0 Å². The number of hydrazone groups is 1. The molecule has 9 heteroatoms. The maximum Gasteiger partial charge on any atom is 0.343 e. The van der Waals surface area contributed by atoms with E-state index < -0.39 is 17.8 Å². The van der Waals surface area contributed by atoms with Crippen LogP contribution < -0.4 is 25.0 Å². The Morgan fingerprint density at radius 3 is 2.10 bits per heavy atom. The summed E-state index contributed by atoms with van der Waals surface area (Å²) < 4.78 is 16.2. The van der Waals surface area contributed by atoms with Crippen LogP contribution in [-0.2, 0) is 9.59 Å². The summed E-state index contributed by atoms with van der Waals surface area (Å²) in [5.41, 5.74) is 3.44. The second-order valence-corrected chi connectivity index (χ2v) is 8.84. The number of hydrogen-bond acceptors (Lipinski definition) is 7. The third-order valence-electron chi connectivity index (χ3n) is 6.36. The van der Waals surface area contributed by atoms with Crippen LogP contribution in [0.15, 0.2) is 102 Å². The fraction of sp³-hybridized carbons (Fsp3) is 0.0625. The first-order valence-electron chi connectivity index (χ1n) is 12.6. The molecule has 0 bridgehead atoms. The molecule has 41 heavy (non-hydrogen) atoms. The van der Waals surface area contributed by atoms with Crippen LogP contribution in [0.3, 0.4) is 0 Å². The summed E-state index contributed by atoms with van der Waals surface area (Å²) >= 11 is 0.